The first-order valence-corrected chi connectivity index (χ1v) is 15.1. The number of carboxylic acid groups (broad SMARTS) is 1. The Balaban J connectivity index is 1.32. The maximum atomic E-state index is 14.0. The van der Waals surface area contributed by atoms with Gasteiger partial charge in [-0.25, -0.2) is 9.59 Å². The highest BCUT2D eigenvalue weighted by atomic mass is 35.5. The van der Waals surface area contributed by atoms with E-state index >= 15 is 0 Å². The molecule has 2 aliphatic rings. The molecule has 230 valence electrons. The van der Waals surface area contributed by atoms with Gasteiger partial charge in [0.25, 0.3) is 0 Å². The molecule has 11 heteroatoms. The van der Waals surface area contributed by atoms with Gasteiger partial charge in [0.1, 0.15) is 12.1 Å². The van der Waals surface area contributed by atoms with Crippen molar-refractivity contribution in [1.29, 1.82) is 0 Å². The topological polar surface area (TPSA) is 131 Å². The second-order valence-electron chi connectivity index (χ2n) is 11.2. The van der Waals surface area contributed by atoms with Crippen LogP contribution in [0.1, 0.15) is 41.0 Å². The quantitative estimate of drug-likeness (QED) is 0.307. The zero-order chi connectivity index (χ0) is 31.2. The number of amides is 5. The molecule has 0 aliphatic carbocycles. The van der Waals surface area contributed by atoms with Crippen LogP contribution in [0.2, 0.25) is 5.02 Å². The van der Waals surface area contributed by atoms with Gasteiger partial charge in [0.05, 0.1) is 6.54 Å². The minimum Gasteiger partial charge on any atom is -0.465 e. The lowest BCUT2D eigenvalue weighted by molar-refractivity contribution is -0.138. The zero-order valence-corrected chi connectivity index (χ0v) is 25.2. The second kappa shape index (κ2) is 13.8. The number of halogens is 1. The fourth-order valence-electron chi connectivity index (χ4n) is 6.07. The fourth-order valence-corrected chi connectivity index (χ4v) is 6.19. The normalized spacial score (nSPS) is 17.3. The van der Waals surface area contributed by atoms with Gasteiger partial charge in [0, 0.05) is 43.7 Å². The van der Waals surface area contributed by atoms with Crippen LogP contribution in [-0.2, 0) is 29.0 Å². The number of likely N-dealkylation sites (tertiary alicyclic amines) is 1. The number of hydrogen-bond donors (Lipinski definition) is 4. The van der Waals surface area contributed by atoms with Gasteiger partial charge in [0.2, 0.25) is 11.8 Å². The Morgan fingerprint density at radius 3 is 2.27 bits per heavy atom. The van der Waals surface area contributed by atoms with Crippen LogP contribution in [0.25, 0.3) is 0 Å². The van der Waals surface area contributed by atoms with Crippen LogP contribution in [0, 0.1) is 0 Å². The van der Waals surface area contributed by atoms with Gasteiger partial charge in [-0.3, -0.25) is 14.5 Å². The zero-order valence-electron chi connectivity index (χ0n) is 24.5. The summed E-state index contributed by atoms with van der Waals surface area (Å²) in [5.74, 6) is -0.581. The molecular weight excluding hydrogens is 582 g/mol. The number of piperidine rings is 1. The number of carbonyl (C=O) groups is 4. The highest BCUT2D eigenvalue weighted by Crippen LogP contribution is 2.33. The average Bonchev–Trinajstić information content (AvgIpc) is 3.04. The summed E-state index contributed by atoms with van der Waals surface area (Å²) in [6, 6.07) is 20.1. The lowest BCUT2D eigenvalue weighted by Gasteiger charge is -2.37. The van der Waals surface area contributed by atoms with E-state index in [4.69, 9.17) is 11.6 Å². The molecule has 1 fully saturated rings. The summed E-state index contributed by atoms with van der Waals surface area (Å²) in [4.78, 5) is 54.7. The number of benzene rings is 3. The van der Waals surface area contributed by atoms with Crippen molar-refractivity contribution in [3.05, 3.63) is 100 Å². The number of urea groups is 1. The Morgan fingerprint density at radius 2 is 1.59 bits per heavy atom. The van der Waals surface area contributed by atoms with Gasteiger partial charge in [-0.15, -0.1) is 0 Å². The molecule has 5 amide bonds. The molecular formula is C33H36ClN5O5. The van der Waals surface area contributed by atoms with E-state index in [-0.39, 0.29) is 37.2 Å². The molecule has 2 heterocycles. The molecule has 3 aromatic rings. The highest BCUT2D eigenvalue weighted by Gasteiger charge is 2.37. The first-order chi connectivity index (χ1) is 21.2. The second-order valence-corrected chi connectivity index (χ2v) is 11.6. The minimum atomic E-state index is -1.19. The van der Waals surface area contributed by atoms with Gasteiger partial charge in [0.15, 0.2) is 0 Å². The molecule has 3 aromatic carbocycles. The summed E-state index contributed by atoms with van der Waals surface area (Å²) in [6.07, 6.45) is 0.647. The predicted molar refractivity (Wildman–Crippen MR) is 168 cm³/mol. The lowest BCUT2D eigenvalue weighted by Crippen LogP contribution is -2.58. The molecule has 0 radical (unpaired) electrons. The lowest BCUT2D eigenvalue weighted by atomic mass is 9.88. The van der Waals surface area contributed by atoms with Gasteiger partial charge in [-0.1, -0.05) is 66.2 Å². The van der Waals surface area contributed by atoms with Crippen LogP contribution < -0.4 is 16.0 Å². The molecule has 44 heavy (non-hydrogen) atoms. The van der Waals surface area contributed by atoms with Crippen LogP contribution in [0.5, 0.6) is 0 Å². The fraction of sp³-hybridized carbons (Fsp3) is 0.333. The first kappa shape index (κ1) is 30.9. The van der Waals surface area contributed by atoms with Crippen molar-refractivity contribution >= 4 is 41.2 Å². The van der Waals surface area contributed by atoms with Crippen molar-refractivity contribution in [2.75, 3.05) is 25.5 Å². The summed E-state index contributed by atoms with van der Waals surface area (Å²) < 4.78 is 0. The predicted octanol–water partition coefficient (Wildman–Crippen LogP) is 4.63. The number of fused-ring (bicyclic) bond motifs is 1. The van der Waals surface area contributed by atoms with E-state index in [0.29, 0.717) is 31.0 Å². The Hall–Kier alpha value is -4.57. The molecule has 4 N–H and O–H groups in total. The number of anilines is 1. The summed E-state index contributed by atoms with van der Waals surface area (Å²) in [5, 5.41) is 18.9. The smallest absolute Gasteiger partial charge is 0.408 e. The highest BCUT2D eigenvalue weighted by molar-refractivity contribution is 6.30. The van der Waals surface area contributed by atoms with Crippen LogP contribution in [0.3, 0.4) is 0 Å². The van der Waals surface area contributed by atoms with Crippen molar-refractivity contribution in [1.82, 2.24) is 20.4 Å². The van der Waals surface area contributed by atoms with E-state index in [1.807, 2.05) is 60.7 Å². The third-order valence-electron chi connectivity index (χ3n) is 8.45. The third kappa shape index (κ3) is 7.14. The van der Waals surface area contributed by atoms with Crippen LogP contribution in [0.4, 0.5) is 15.3 Å². The Labute approximate surface area is 261 Å². The number of nitrogens with zero attached hydrogens (tertiary/aromatic N) is 2. The molecule has 0 spiro atoms. The van der Waals surface area contributed by atoms with E-state index in [1.165, 1.54) is 0 Å². The molecule has 0 bridgehead atoms. The van der Waals surface area contributed by atoms with Crippen LogP contribution in [0.15, 0.2) is 72.8 Å². The summed E-state index contributed by atoms with van der Waals surface area (Å²) in [6.45, 7) is 1.05. The number of rotatable bonds is 7. The minimum absolute atomic E-state index is 0.100. The van der Waals surface area contributed by atoms with E-state index in [1.54, 1.807) is 24.1 Å². The standard InChI is InChI=1S/C33H36ClN5O5/c1-35-32(42)37-27-9-5-4-8-26(27)22-14-16-38(17-15-22)31(41)28(18-21-10-12-25(34)13-11-21)36-30(40)29-19-23-6-2-3-7-24(23)20-39(29)33(43)44/h2-13,22,28-29H,14-20H2,1H3,(H,36,40)(H,43,44)(H2,35,37,42)/t28-,29+/m1/s1. The molecule has 0 aromatic heterocycles. The summed E-state index contributed by atoms with van der Waals surface area (Å²) in [5.41, 5.74) is 4.35. The number of para-hydroxylation sites is 1. The van der Waals surface area contributed by atoms with Gasteiger partial charge in [-0.2, -0.15) is 0 Å². The molecule has 5 rings (SSSR count). The summed E-state index contributed by atoms with van der Waals surface area (Å²) in [7, 11) is 1.56. The Bertz CT molecular complexity index is 1520. The van der Waals surface area contributed by atoms with E-state index in [0.717, 1.165) is 32.8 Å². The molecule has 10 nitrogen and oxygen atoms in total. The average molecular weight is 618 g/mol. The molecule has 1 saturated heterocycles. The van der Waals surface area contributed by atoms with Crippen molar-refractivity contribution in [3.8, 4) is 0 Å². The Kier molecular flexibility index (Phi) is 9.69. The number of nitrogens with one attached hydrogen (secondary N) is 3. The van der Waals surface area contributed by atoms with E-state index in [9.17, 15) is 24.3 Å². The van der Waals surface area contributed by atoms with Gasteiger partial charge < -0.3 is 26.0 Å². The van der Waals surface area contributed by atoms with Crippen LogP contribution in [-0.4, -0.2) is 71.1 Å². The number of carbonyl (C=O) groups excluding carboxylic acids is 3. The maximum absolute atomic E-state index is 14.0. The third-order valence-corrected chi connectivity index (χ3v) is 8.70. The van der Waals surface area contributed by atoms with Crippen molar-refractivity contribution in [3.63, 3.8) is 0 Å². The van der Waals surface area contributed by atoms with Crippen molar-refractivity contribution in [2.45, 2.75) is 50.2 Å². The SMILES string of the molecule is CNC(=O)Nc1ccccc1C1CCN(C(=O)[C@@H](Cc2ccc(Cl)cc2)NC(=O)[C@@H]2Cc3ccccc3CN2C(=O)O)CC1. The monoisotopic (exact) mass is 617 g/mol. The van der Waals surface area contributed by atoms with E-state index in [2.05, 4.69) is 16.0 Å². The van der Waals surface area contributed by atoms with Gasteiger partial charge in [-0.05, 0) is 59.2 Å². The first-order valence-electron chi connectivity index (χ1n) is 14.7. The van der Waals surface area contributed by atoms with Crippen molar-refractivity contribution in [2.24, 2.45) is 0 Å². The molecule has 2 atom stereocenters. The largest absolute Gasteiger partial charge is 0.465 e. The maximum Gasteiger partial charge on any atom is 0.408 e. The summed E-state index contributed by atoms with van der Waals surface area (Å²) >= 11 is 6.08. The number of hydrogen-bond acceptors (Lipinski definition) is 4. The molecule has 0 unspecified atom stereocenters. The van der Waals surface area contributed by atoms with Crippen LogP contribution >= 0.6 is 11.6 Å². The Morgan fingerprint density at radius 1 is 0.932 bits per heavy atom. The molecule has 0 saturated carbocycles. The van der Waals surface area contributed by atoms with Gasteiger partial charge >= 0.3 is 12.1 Å². The molecule has 2 aliphatic heterocycles. The van der Waals surface area contributed by atoms with E-state index < -0.39 is 24.1 Å². The van der Waals surface area contributed by atoms with Crippen molar-refractivity contribution < 1.29 is 24.3 Å².